The van der Waals surface area contributed by atoms with E-state index in [1.54, 1.807) is 14.0 Å². The van der Waals surface area contributed by atoms with E-state index in [1.165, 1.54) is 7.11 Å². The Morgan fingerprint density at radius 3 is 2.60 bits per heavy atom. The highest BCUT2D eigenvalue weighted by molar-refractivity contribution is 5.80. The Kier molecular flexibility index (Phi) is 6.48. The molecule has 1 N–H and O–H groups in total. The monoisotopic (exact) mass is 280 g/mol. The highest BCUT2D eigenvalue weighted by Gasteiger charge is 2.18. The zero-order valence-electron chi connectivity index (χ0n) is 12.8. The van der Waals surface area contributed by atoms with Crippen LogP contribution in [0.5, 0.6) is 5.75 Å². The van der Waals surface area contributed by atoms with Crippen LogP contribution in [-0.4, -0.2) is 51.8 Å². The molecule has 0 spiro atoms. The highest BCUT2D eigenvalue weighted by atomic mass is 16.5. The number of amides is 1. The molecule has 1 amide bonds. The average molecular weight is 280 g/mol. The molecule has 1 rings (SSSR count). The van der Waals surface area contributed by atoms with Crippen LogP contribution in [-0.2, 0) is 9.53 Å². The number of nitrogens with one attached hydrogen (secondary N) is 1. The summed E-state index contributed by atoms with van der Waals surface area (Å²) in [6.45, 7) is 2.25. The van der Waals surface area contributed by atoms with Gasteiger partial charge in [0.05, 0.1) is 13.2 Å². The fraction of sp³-hybridized carbons (Fsp3) is 0.533. The van der Waals surface area contributed by atoms with Gasteiger partial charge in [0, 0.05) is 13.7 Å². The molecule has 0 saturated heterocycles. The van der Waals surface area contributed by atoms with Gasteiger partial charge in [-0.25, -0.2) is 0 Å². The van der Waals surface area contributed by atoms with E-state index in [-0.39, 0.29) is 11.9 Å². The van der Waals surface area contributed by atoms with E-state index in [1.807, 2.05) is 38.4 Å². The number of carbonyl (C=O) groups excluding carboxylic acids is 1. The Labute approximate surface area is 120 Å². The molecule has 0 bridgehead atoms. The first-order valence-electron chi connectivity index (χ1n) is 6.60. The molecule has 2 atom stereocenters. The largest absolute Gasteiger partial charge is 0.497 e. The van der Waals surface area contributed by atoms with Gasteiger partial charge in [0.2, 0.25) is 5.91 Å². The van der Waals surface area contributed by atoms with Gasteiger partial charge < -0.3 is 19.7 Å². The summed E-state index contributed by atoms with van der Waals surface area (Å²) in [5.41, 5.74) is 1.10. The first-order chi connectivity index (χ1) is 9.49. The molecule has 20 heavy (non-hydrogen) atoms. The molecule has 1 aromatic rings. The molecular weight excluding hydrogens is 256 g/mol. The van der Waals surface area contributed by atoms with E-state index in [0.717, 1.165) is 11.3 Å². The summed E-state index contributed by atoms with van der Waals surface area (Å²) < 4.78 is 10.2. The topological polar surface area (TPSA) is 50.8 Å². The molecule has 5 heteroatoms. The van der Waals surface area contributed by atoms with Gasteiger partial charge in [-0.3, -0.25) is 4.79 Å². The molecule has 0 heterocycles. The highest BCUT2D eigenvalue weighted by Crippen LogP contribution is 2.22. The summed E-state index contributed by atoms with van der Waals surface area (Å²) in [4.78, 5) is 13.8. The lowest BCUT2D eigenvalue weighted by atomic mass is 10.1. The second-order valence-corrected chi connectivity index (χ2v) is 4.88. The molecule has 0 radical (unpaired) electrons. The third-order valence-electron chi connectivity index (χ3n) is 3.29. The van der Waals surface area contributed by atoms with Gasteiger partial charge in [-0.2, -0.15) is 0 Å². The van der Waals surface area contributed by atoms with Crippen LogP contribution in [0.3, 0.4) is 0 Å². The van der Waals surface area contributed by atoms with Crippen LogP contribution >= 0.6 is 0 Å². The van der Waals surface area contributed by atoms with Crippen molar-refractivity contribution in [3.05, 3.63) is 29.8 Å². The van der Waals surface area contributed by atoms with E-state index >= 15 is 0 Å². The van der Waals surface area contributed by atoms with Crippen molar-refractivity contribution >= 4 is 5.91 Å². The first kappa shape index (κ1) is 16.5. The Balaban J connectivity index is 2.76. The number of hydrogen-bond donors (Lipinski definition) is 1. The molecule has 0 aliphatic carbocycles. The molecule has 1 aromatic carbocycles. The standard InChI is InChI=1S/C15H24N2O3/c1-11(19-4)15(18)16-10-14(17(2)3)12-7-6-8-13(9-12)20-5/h6-9,11,14H,10H2,1-5H3,(H,16,18). The number of likely N-dealkylation sites (N-methyl/N-ethyl adjacent to an activating group) is 1. The Morgan fingerprint density at radius 1 is 1.35 bits per heavy atom. The van der Waals surface area contributed by atoms with Crippen LogP contribution in [0.4, 0.5) is 0 Å². The normalized spacial score (nSPS) is 13.9. The summed E-state index contributed by atoms with van der Waals surface area (Å²) in [5.74, 6) is 0.702. The maximum atomic E-state index is 11.8. The Morgan fingerprint density at radius 2 is 2.05 bits per heavy atom. The van der Waals surface area contributed by atoms with Crippen molar-refractivity contribution in [3.63, 3.8) is 0 Å². The molecule has 5 nitrogen and oxygen atoms in total. The van der Waals surface area contributed by atoms with Crippen LogP contribution in [0.25, 0.3) is 0 Å². The summed E-state index contributed by atoms with van der Waals surface area (Å²) in [6.07, 6.45) is -0.442. The van der Waals surface area contributed by atoms with Crippen molar-refractivity contribution < 1.29 is 14.3 Å². The zero-order chi connectivity index (χ0) is 15.1. The molecular formula is C15H24N2O3. The first-order valence-corrected chi connectivity index (χ1v) is 6.60. The van der Waals surface area contributed by atoms with Crippen molar-refractivity contribution in [3.8, 4) is 5.75 Å². The number of carbonyl (C=O) groups is 1. The third kappa shape index (κ3) is 4.51. The van der Waals surface area contributed by atoms with Crippen molar-refractivity contribution in [2.24, 2.45) is 0 Å². The van der Waals surface area contributed by atoms with Gasteiger partial charge in [-0.05, 0) is 38.7 Å². The third-order valence-corrected chi connectivity index (χ3v) is 3.29. The summed E-state index contributed by atoms with van der Waals surface area (Å²) in [7, 11) is 7.13. The Bertz CT molecular complexity index is 435. The summed E-state index contributed by atoms with van der Waals surface area (Å²) in [5, 5.41) is 2.90. The maximum absolute atomic E-state index is 11.8. The molecule has 0 aliphatic rings. The summed E-state index contributed by atoms with van der Waals surface area (Å²) >= 11 is 0. The van der Waals surface area contributed by atoms with Crippen molar-refractivity contribution in [1.82, 2.24) is 10.2 Å². The smallest absolute Gasteiger partial charge is 0.248 e. The molecule has 0 saturated carbocycles. The van der Waals surface area contributed by atoms with E-state index in [4.69, 9.17) is 9.47 Å². The number of hydrogen-bond acceptors (Lipinski definition) is 4. The van der Waals surface area contributed by atoms with Gasteiger partial charge in [-0.1, -0.05) is 12.1 Å². The quantitative estimate of drug-likeness (QED) is 0.821. The van der Waals surface area contributed by atoms with E-state index in [0.29, 0.717) is 6.54 Å². The minimum atomic E-state index is -0.442. The fourth-order valence-corrected chi connectivity index (χ4v) is 1.90. The maximum Gasteiger partial charge on any atom is 0.248 e. The molecule has 0 aromatic heterocycles. The van der Waals surface area contributed by atoms with Gasteiger partial charge in [-0.15, -0.1) is 0 Å². The number of methoxy groups -OCH3 is 2. The van der Waals surface area contributed by atoms with E-state index < -0.39 is 6.10 Å². The molecule has 2 unspecified atom stereocenters. The van der Waals surface area contributed by atoms with Gasteiger partial charge in [0.1, 0.15) is 11.9 Å². The average Bonchev–Trinajstić information content (AvgIpc) is 2.46. The fourth-order valence-electron chi connectivity index (χ4n) is 1.90. The van der Waals surface area contributed by atoms with Crippen molar-refractivity contribution in [2.75, 3.05) is 34.9 Å². The van der Waals surface area contributed by atoms with Gasteiger partial charge in [0.25, 0.3) is 0 Å². The van der Waals surface area contributed by atoms with Crippen LogP contribution in [0.15, 0.2) is 24.3 Å². The molecule has 0 fully saturated rings. The molecule has 0 aliphatic heterocycles. The number of nitrogens with zero attached hydrogens (tertiary/aromatic N) is 1. The predicted octanol–water partition coefficient (Wildman–Crippen LogP) is 1.45. The van der Waals surface area contributed by atoms with Crippen LogP contribution < -0.4 is 10.1 Å². The van der Waals surface area contributed by atoms with E-state index in [2.05, 4.69) is 10.2 Å². The minimum absolute atomic E-state index is 0.0816. The zero-order valence-corrected chi connectivity index (χ0v) is 12.8. The van der Waals surface area contributed by atoms with Crippen LogP contribution in [0.2, 0.25) is 0 Å². The number of rotatable bonds is 7. The van der Waals surface area contributed by atoms with Gasteiger partial charge in [0.15, 0.2) is 0 Å². The lowest BCUT2D eigenvalue weighted by molar-refractivity contribution is -0.130. The van der Waals surface area contributed by atoms with Crippen LogP contribution in [0.1, 0.15) is 18.5 Å². The molecule has 112 valence electrons. The SMILES string of the molecule is COc1cccc(C(CNC(=O)C(C)OC)N(C)C)c1. The number of benzene rings is 1. The van der Waals surface area contributed by atoms with Crippen molar-refractivity contribution in [1.29, 1.82) is 0 Å². The lowest BCUT2D eigenvalue weighted by Gasteiger charge is -2.26. The van der Waals surface area contributed by atoms with Crippen molar-refractivity contribution in [2.45, 2.75) is 19.1 Å². The van der Waals surface area contributed by atoms with Crippen LogP contribution in [0, 0.1) is 0 Å². The second kappa shape index (κ2) is 7.87. The summed E-state index contributed by atoms with van der Waals surface area (Å²) in [6, 6.07) is 7.94. The predicted molar refractivity (Wildman–Crippen MR) is 78.9 cm³/mol. The lowest BCUT2D eigenvalue weighted by Crippen LogP contribution is -2.39. The number of ether oxygens (including phenoxy) is 2. The minimum Gasteiger partial charge on any atom is -0.497 e. The Hall–Kier alpha value is -1.59. The van der Waals surface area contributed by atoms with Gasteiger partial charge >= 0.3 is 0 Å². The second-order valence-electron chi connectivity index (χ2n) is 4.88. The van der Waals surface area contributed by atoms with E-state index in [9.17, 15) is 4.79 Å².